The van der Waals surface area contributed by atoms with Gasteiger partial charge in [0, 0.05) is 5.56 Å². The third-order valence-electron chi connectivity index (χ3n) is 4.93. The van der Waals surface area contributed by atoms with E-state index < -0.39 is 18.0 Å². The largest absolute Gasteiger partial charge is 0.573 e. The van der Waals surface area contributed by atoms with Crippen molar-refractivity contribution in [2.45, 2.75) is 20.2 Å². The number of carbonyl (C=O) groups excluding carboxylic acids is 1. The number of phenols is 1. The molecule has 0 atom stereocenters. The zero-order valence-electron chi connectivity index (χ0n) is 18.1. The average molecular weight is 468 g/mol. The normalized spacial score (nSPS) is 11.3. The monoisotopic (exact) mass is 468 g/mol. The van der Waals surface area contributed by atoms with Crippen LogP contribution in [0.1, 0.15) is 21.5 Å². The van der Waals surface area contributed by atoms with E-state index >= 15 is 0 Å². The molecule has 2 N–H and O–H groups in total. The Labute approximate surface area is 192 Å². The van der Waals surface area contributed by atoms with Crippen LogP contribution in [0.2, 0.25) is 0 Å². The lowest BCUT2D eigenvalue weighted by Gasteiger charge is -2.11. The quantitative estimate of drug-likeness (QED) is 0.409. The Balaban J connectivity index is 1.76. The van der Waals surface area contributed by atoms with Crippen molar-refractivity contribution in [1.29, 1.82) is 0 Å². The molecule has 1 amide bonds. The summed E-state index contributed by atoms with van der Waals surface area (Å²) in [5, 5.41) is 17.4. The minimum Gasteiger partial charge on any atom is -0.507 e. The number of ether oxygens (including phenoxy) is 1. The van der Waals surface area contributed by atoms with Gasteiger partial charge in [-0.05, 0) is 61.9 Å². The van der Waals surface area contributed by atoms with Gasteiger partial charge in [0.1, 0.15) is 11.5 Å². The van der Waals surface area contributed by atoms with E-state index in [0.717, 1.165) is 23.3 Å². The Bertz CT molecular complexity index is 1350. The van der Waals surface area contributed by atoms with Gasteiger partial charge in [-0.15, -0.1) is 18.3 Å². The first kappa shape index (κ1) is 22.8. The van der Waals surface area contributed by atoms with Crippen LogP contribution < -0.4 is 10.1 Å². The number of halogens is 3. The second-order valence-electron chi connectivity index (χ2n) is 7.50. The van der Waals surface area contributed by atoms with Crippen LogP contribution in [0, 0.1) is 13.8 Å². The van der Waals surface area contributed by atoms with Crippen LogP contribution >= 0.6 is 0 Å². The summed E-state index contributed by atoms with van der Waals surface area (Å²) in [6.45, 7) is 3.62. The number of anilines is 1. The molecule has 7 nitrogen and oxygen atoms in total. The number of phenolic OH excluding ortho intramolecular Hbond substituents is 1. The molecular formula is C24H19F3N4O3. The fourth-order valence-electron chi connectivity index (χ4n) is 3.30. The number of aryl methyl sites for hydroxylation is 2. The molecule has 0 fully saturated rings. The summed E-state index contributed by atoms with van der Waals surface area (Å²) in [5.74, 6) is -0.763. The van der Waals surface area contributed by atoms with E-state index in [0.29, 0.717) is 16.8 Å². The van der Waals surface area contributed by atoms with Crippen LogP contribution in [-0.4, -0.2) is 32.1 Å². The molecule has 4 aromatic rings. The maximum atomic E-state index is 12.9. The zero-order valence-corrected chi connectivity index (χ0v) is 18.1. The van der Waals surface area contributed by atoms with E-state index in [1.807, 2.05) is 6.92 Å². The van der Waals surface area contributed by atoms with E-state index in [9.17, 15) is 23.1 Å². The minimum atomic E-state index is -4.82. The third kappa shape index (κ3) is 5.01. The van der Waals surface area contributed by atoms with E-state index in [1.54, 1.807) is 43.3 Å². The zero-order chi connectivity index (χ0) is 24.5. The van der Waals surface area contributed by atoms with Crippen LogP contribution in [0.4, 0.5) is 19.1 Å². The maximum Gasteiger partial charge on any atom is 0.573 e. The lowest BCUT2D eigenvalue weighted by molar-refractivity contribution is -0.274. The van der Waals surface area contributed by atoms with Gasteiger partial charge in [-0.2, -0.15) is 9.67 Å². The van der Waals surface area contributed by atoms with E-state index in [1.165, 1.54) is 22.9 Å². The average Bonchev–Trinajstić information content (AvgIpc) is 3.18. The van der Waals surface area contributed by atoms with Gasteiger partial charge >= 0.3 is 6.36 Å². The molecule has 3 aromatic carbocycles. The van der Waals surface area contributed by atoms with Crippen LogP contribution in [0.3, 0.4) is 0 Å². The molecular weight excluding hydrogens is 449 g/mol. The Morgan fingerprint density at radius 2 is 1.74 bits per heavy atom. The first-order valence-electron chi connectivity index (χ1n) is 10.1. The predicted molar refractivity (Wildman–Crippen MR) is 119 cm³/mol. The maximum absolute atomic E-state index is 12.9. The van der Waals surface area contributed by atoms with Crippen molar-refractivity contribution in [3.05, 3.63) is 83.4 Å². The third-order valence-corrected chi connectivity index (χ3v) is 4.93. The van der Waals surface area contributed by atoms with Crippen LogP contribution in [0.15, 0.2) is 66.7 Å². The Morgan fingerprint density at radius 3 is 2.41 bits per heavy atom. The Morgan fingerprint density at radius 1 is 1.03 bits per heavy atom. The van der Waals surface area contributed by atoms with Gasteiger partial charge in [-0.1, -0.05) is 29.8 Å². The van der Waals surface area contributed by atoms with Crippen LogP contribution in [-0.2, 0) is 0 Å². The molecule has 0 saturated heterocycles. The number of hydrogen-bond acceptors (Lipinski definition) is 5. The highest BCUT2D eigenvalue weighted by molar-refractivity contribution is 6.04. The second-order valence-corrected chi connectivity index (χ2v) is 7.50. The molecule has 174 valence electrons. The SMILES string of the molecule is Cc1ccc(O)c(-c2nc(NC(=O)c3ccccc3C)n(-c3ccc(OC(F)(F)F)cc3)n2)c1. The number of rotatable bonds is 5. The summed E-state index contributed by atoms with van der Waals surface area (Å²) < 4.78 is 42.7. The predicted octanol–water partition coefficient (Wildman–Crippen LogP) is 5.41. The summed E-state index contributed by atoms with van der Waals surface area (Å²) in [6.07, 6.45) is -4.82. The highest BCUT2D eigenvalue weighted by Crippen LogP contribution is 2.30. The second kappa shape index (κ2) is 8.89. The molecule has 0 saturated carbocycles. The number of aromatic hydroxyl groups is 1. The summed E-state index contributed by atoms with van der Waals surface area (Å²) in [6, 6.07) is 16.8. The van der Waals surface area contributed by atoms with Crippen molar-refractivity contribution in [2.24, 2.45) is 0 Å². The highest BCUT2D eigenvalue weighted by Gasteiger charge is 2.31. The first-order valence-corrected chi connectivity index (χ1v) is 10.1. The number of nitrogens with zero attached hydrogens (tertiary/aromatic N) is 3. The lowest BCUT2D eigenvalue weighted by atomic mass is 10.1. The number of benzene rings is 3. The van der Waals surface area contributed by atoms with Gasteiger partial charge in [0.05, 0.1) is 11.3 Å². The molecule has 0 radical (unpaired) electrons. The molecule has 1 heterocycles. The Kier molecular flexibility index (Phi) is 5.97. The van der Waals surface area contributed by atoms with Gasteiger partial charge < -0.3 is 9.84 Å². The molecule has 0 aliphatic rings. The standard InChI is InChI=1S/C24H19F3N4O3/c1-14-7-12-20(32)19(13-14)21-28-23(29-22(33)18-6-4-3-5-15(18)2)31(30-21)16-8-10-17(11-9-16)34-24(25,26)27/h3-13,32H,1-2H3,(H,28,29,30,33). The molecule has 0 bridgehead atoms. The first-order chi connectivity index (χ1) is 16.1. The number of aromatic nitrogens is 3. The van der Waals surface area contributed by atoms with Crippen LogP contribution in [0.5, 0.6) is 11.5 Å². The number of nitrogens with one attached hydrogen (secondary N) is 1. The molecule has 4 rings (SSSR count). The number of hydrogen-bond donors (Lipinski definition) is 2. The summed E-state index contributed by atoms with van der Waals surface area (Å²) >= 11 is 0. The summed E-state index contributed by atoms with van der Waals surface area (Å²) in [5.41, 5.74) is 2.67. The highest BCUT2D eigenvalue weighted by atomic mass is 19.4. The fraction of sp³-hybridized carbons (Fsp3) is 0.125. The Hall–Kier alpha value is -4.34. The van der Waals surface area contributed by atoms with Crippen molar-refractivity contribution in [3.8, 4) is 28.6 Å². The molecule has 0 spiro atoms. The van der Waals surface area contributed by atoms with E-state index in [-0.39, 0.29) is 17.5 Å². The van der Waals surface area contributed by atoms with Gasteiger partial charge in [0.25, 0.3) is 5.91 Å². The van der Waals surface area contributed by atoms with E-state index in [2.05, 4.69) is 20.1 Å². The molecule has 0 aliphatic carbocycles. The van der Waals surface area contributed by atoms with Crippen molar-refractivity contribution in [2.75, 3.05) is 5.32 Å². The van der Waals surface area contributed by atoms with Gasteiger partial charge in [0.15, 0.2) is 5.82 Å². The number of amides is 1. The van der Waals surface area contributed by atoms with Gasteiger partial charge in [-0.25, -0.2) is 0 Å². The van der Waals surface area contributed by atoms with Crippen molar-refractivity contribution >= 4 is 11.9 Å². The van der Waals surface area contributed by atoms with Crippen molar-refractivity contribution in [1.82, 2.24) is 14.8 Å². The molecule has 0 unspecified atom stereocenters. The lowest BCUT2D eigenvalue weighted by Crippen LogP contribution is -2.17. The number of carbonyl (C=O) groups is 1. The topological polar surface area (TPSA) is 89.3 Å². The molecule has 34 heavy (non-hydrogen) atoms. The van der Waals surface area contributed by atoms with Gasteiger partial charge in [0.2, 0.25) is 5.95 Å². The van der Waals surface area contributed by atoms with Crippen molar-refractivity contribution < 1.29 is 27.8 Å². The smallest absolute Gasteiger partial charge is 0.507 e. The molecule has 10 heteroatoms. The molecule has 0 aliphatic heterocycles. The number of alkyl halides is 3. The molecule has 1 aromatic heterocycles. The summed E-state index contributed by atoms with van der Waals surface area (Å²) in [4.78, 5) is 17.3. The summed E-state index contributed by atoms with van der Waals surface area (Å²) in [7, 11) is 0. The van der Waals surface area contributed by atoms with Crippen molar-refractivity contribution in [3.63, 3.8) is 0 Å². The van der Waals surface area contributed by atoms with E-state index in [4.69, 9.17) is 0 Å². The minimum absolute atomic E-state index is 0.0219. The van der Waals surface area contributed by atoms with Gasteiger partial charge in [-0.3, -0.25) is 10.1 Å². The van der Waals surface area contributed by atoms with Crippen LogP contribution in [0.25, 0.3) is 17.1 Å². The fourth-order valence-corrected chi connectivity index (χ4v) is 3.30.